The van der Waals surface area contributed by atoms with E-state index < -0.39 is 5.41 Å². The van der Waals surface area contributed by atoms with Crippen LogP contribution in [0, 0.1) is 13.8 Å². The minimum Gasteiger partial charge on any atom is -0.310 e. The van der Waals surface area contributed by atoms with Crippen LogP contribution in [0.2, 0.25) is 0 Å². The van der Waals surface area contributed by atoms with Gasteiger partial charge in [-0.25, -0.2) is 0 Å². The predicted octanol–water partition coefficient (Wildman–Crippen LogP) is 24.4. The van der Waals surface area contributed by atoms with Crippen molar-refractivity contribution in [2.45, 2.75) is 57.8 Å². The van der Waals surface area contributed by atoms with E-state index in [0.717, 1.165) is 45.3 Å². The van der Waals surface area contributed by atoms with Gasteiger partial charge in [-0.2, -0.15) is 0 Å². The average Bonchev–Trinajstić information content (AvgIpc) is 1.51. The second kappa shape index (κ2) is 20.5. The number of aryl methyl sites for hydroxylation is 2. The second-order valence-electron chi connectivity index (χ2n) is 27.3. The van der Waals surface area contributed by atoms with E-state index in [1.807, 2.05) is 0 Å². The molecule has 0 unspecified atom stereocenters. The Bertz CT molecular complexity index is 5230. The topological polar surface area (TPSA) is 6.48 Å². The van der Waals surface area contributed by atoms with E-state index in [-0.39, 0.29) is 10.8 Å². The largest absolute Gasteiger partial charge is 0.310 e. The minimum atomic E-state index is -0.483. The Morgan fingerprint density at radius 2 is 0.548 bits per heavy atom. The van der Waals surface area contributed by atoms with Crippen LogP contribution in [0.15, 0.2) is 303 Å². The van der Waals surface area contributed by atoms with E-state index in [1.54, 1.807) is 0 Å². The summed E-state index contributed by atoms with van der Waals surface area (Å²) in [6.45, 7) is 14.0. The molecular weight excluding hydrogens is 1120 g/mol. The number of nitrogens with zero attached hydrogens (tertiary/aromatic N) is 2. The van der Waals surface area contributed by atoms with Crippen molar-refractivity contribution < 1.29 is 0 Å². The lowest BCUT2D eigenvalue weighted by Gasteiger charge is -2.32. The first kappa shape index (κ1) is 54.8. The number of fused-ring (bicyclic) bond motifs is 17. The average molecular weight is 1190 g/mol. The van der Waals surface area contributed by atoms with E-state index in [0.29, 0.717) is 0 Å². The fourth-order valence-corrected chi connectivity index (χ4v) is 16.9. The van der Waals surface area contributed by atoms with Crippen molar-refractivity contribution in [3.63, 3.8) is 0 Å². The van der Waals surface area contributed by atoms with Crippen molar-refractivity contribution in [2.24, 2.45) is 0 Å². The molecule has 0 aliphatic heterocycles. The second-order valence-corrected chi connectivity index (χ2v) is 27.3. The minimum absolute atomic E-state index is 0.178. The van der Waals surface area contributed by atoms with Gasteiger partial charge in [0.1, 0.15) is 0 Å². The standard InChI is InChI=1S/C91H68N2/c1-57-31-45-75-77-48-42-66(54-86(77)89(3,4)84(75)51-57)93(67-43-49-78-76-46-32-58(2)52-85(76)90(5,6)87(78)55-67)65-41-47-71(80(53-65)60-19-8-7-9-20-60)62-35-39-64(40-36-62)92(63-37-33-61(34-38-63)70-27-18-22-59-21-10-11-23-69(59)70)68-44-50-79-74-26-14-17-30-83(74)91(88(79)56-68)81-28-15-12-24-72(81)73-25-13-16-29-82(73)91/h7-56H,1-6H3. The molecule has 1 spiro atoms. The maximum absolute atomic E-state index is 2.51. The molecule has 4 aliphatic carbocycles. The van der Waals surface area contributed by atoms with Crippen molar-refractivity contribution in [3.8, 4) is 77.9 Å². The van der Waals surface area contributed by atoms with E-state index in [9.17, 15) is 0 Å². The smallest absolute Gasteiger partial charge is 0.0726 e. The lowest BCUT2D eigenvalue weighted by atomic mass is 9.70. The normalized spacial score (nSPS) is 14.2. The molecule has 14 aromatic carbocycles. The zero-order valence-electron chi connectivity index (χ0n) is 53.3. The summed E-state index contributed by atoms with van der Waals surface area (Å²) in [7, 11) is 0. The maximum atomic E-state index is 2.51. The number of benzene rings is 14. The summed E-state index contributed by atoms with van der Waals surface area (Å²) in [6.07, 6.45) is 0. The molecule has 0 fully saturated rings. The SMILES string of the molecule is Cc1ccc2c(c1)C(C)(C)c1cc(N(c3ccc(-c4ccc(N(c5ccc(-c6cccc7ccccc67)cc5)c5ccc6c(c5)C5(c7ccccc7-c7ccccc75)c5ccccc5-6)cc4)c(-c4ccccc4)c3)c3ccc4c(c3)C(C)(C)c3cc(C)ccc3-4)ccc1-2. The Labute approximate surface area is 546 Å². The molecule has 0 saturated carbocycles. The third-order valence-corrected chi connectivity index (χ3v) is 21.4. The van der Waals surface area contributed by atoms with Crippen molar-refractivity contribution in [2.75, 3.05) is 9.80 Å². The van der Waals surface area contributed by atoms with Crippen LogP contribution < -0.4 is 9.80 Å². The molecule has 0 N–H and O–H groups in total. The predicted molar refractivity (Wildman–Crippen MR) is 391 cm³/mol. The lowest BCUT2D eigenvalue weighted by Crippen LogP contribution is -2.26. The summed E-state index contributed by atoms with van der Waals surface area (Å²) < 4.78 is 0. The molecule has 0 aromatic heterocycles. The number of anilines is 6. The van der Waals surface area contributed by atoms with Gasteiger partial charge in [0.15, 0.2) is 0 Å². The zero-order chi connectivity index (χ0) is 62.5. The molecule has 0 saturated heterocycles. The Morgan fingerprint density at radius 1 is 0.215 bits per heavy atom. The van der Waals surface area contributed by atoms with Gasteiger partial charge >= 0.3 is 0 Å². The molecular formula is C91H68N2. The Kier molecular flexibility index (Phi) is 12.1. The number of hydrogen-bond donors (Lipinski definition) is 0. The molecule has 0 radical (unpaired) electrons. The lowest BCUT2D eigenvalue weighted by molar-refractivity contribution is 0.659. The van der Waals surface area contributed by atoms with Crippen molar-refractivity contribution in [1.82, 2.24) is 0 Å². The molecule has 14 aromatic rings. The summed E-state index contributed by atoms with van der Waals surface area (Å²) in [4.78, 5) is 4.98. The van der Waals surface area contributed by atoms with Gasteiger partial charge in [-0.05, 0) is 220 Å². The van der Waals surface area contributed by atoms with Crippen molar-refractivity contribution >= 4 is 44.9 Å². The highest BCUT2D eigenvalue weighted by Gasteiger charge is 2.52. The van der Waals surface area contributed by atoms with E-state index in [2.05, 4.69) is 355 Å². The van der Waals surface area contributed by atoms with E-state index in [1.165, 1.54) is 133 Å². The van der Waals surface area contributed by atoms with Crippen LogP contribution in [-0.2, 0) is 16.2 Å². The van der Waals surface area contributed by atoms with Crippen LogP contribution >= 0.6 is 0 Å². The summed E-state index contributed by atoms with van der Waals surface area (Å²) in [5, 5.41) is 2.49. The monoisotopic (exact) mass is 1190 g/mol. The van der Waals surface area contributed by atoms with Crippen molar-refractivity contribution in [3.05, 3.63) is 359 Å². The maximum Gasteiger partial charge on any atom is 0.0726 e. The fraction of sp³-hybridized carbons (Fsp3) is 0.0989. The van der Waals surface area contributed by atoms with Crippen LogP contribution in [0.5, 0.6) is 0 Å². The third-order valence-electron chi connectivity index (χ3n) is 21.4. The van der Waals surface area contributed by atoms with Gasteiger partial charge in [-0.1, -0.05) is 269 Å². The van der Waals surface area contributed by atoms with Crippen LogP contribution in [0.3, 0.4) is 0 Å². The van der Waals surface area contributed by atoms with Gasteiger partial charge in [0.25, 0.3) is 0 Å². The molecule has 442 valence electrons. The molecule has 2 nitrogen and oxygen atoms in total. The van der Waals surface area contributed by atoms with Gasteiger partial charge in [0.2, 0.25) is 0 Å². The first-order valence-electron chi connectivity index (χ1n) is 32.9. The van der Waals surface area contributed by atoms with E-state index >= 15 is 0 Å². The number of rotatable bonds is 9. The Morgan fingerprint density at radius 3 is 1.06 bits per heavy atom. The molecule has 93 heavy (non-hydrogen) atoms. The van der Waals surface area contributed by atoms with Crippen LogP contribution in [0.1, 0.15) is 83.3 Å². The highest BCUT2D eigenvalue weighted by molar-refractivity contribution is 6.00. The highest BCUT2D eigenvalue weighted by Crippen LogP contribution is 2.64. The molecule has 4 aliphatic rings. The Hall–Kier alpha value is -11.1. The van der Waals surface area contributed by atoms with Gasteiger partial charge in [-0.15, -0.1) is 0 Å². The highest BCUT2D eigenvalue weighted by atomic mass is 15.1. The molecule has 0 bridgehead atoms. The van der Waals surface area contributed by atoms with E-state index in [4.69, 9.17) is 0 Å². The summed E-state index contributed by atoms with van der Waals surface area (Å²) in [6, 6.07) is 115. The first-order chi connectivity index (χ1) is 45.4. The van der Waals surface area contributed by atoms with Crippen LogP contribution in [0.4, 0.5) is 34.1 Å². The molecule has 0 atom stereocenters. The summed E-state index contributed by atoms with van der Waals surface area (Å²) in [5.41, 5.74) is 36.7. The first-order valence-corrected chi connectivity index (χ1v) is 32.9. The zero-order valence-corrected chi connectivity index (χ0v) is 53.3. The van der Waals surface area contributed by atoms with Gasteiger partial charge in [-0.3, -0.25) is 0 Å². The quantitative estimate of drug-likeness (QED) is 0.142. The molecule has 2 heteroatoms. The van der Waals surface area contributed by atoms with Crippen LogP contribution in [-0.4, -0.2) is 0 Å². The van der Waals surface area contributed by atoms with Gasteiger partial charge in [0.05, 0.1) is 5.41 Å². The Balaban J connectivity index is 0.790. The molecule has 18 rings (SSSR count). The van der Waals surface area contributed by atoms with Gasteiger partial charge < -0.3 is 9.80 Å². The van der Waals surface area contributed by atoms with Gasteiger partial charge in [0, 0.05) is 45.0 Å². The fourth-order valence-electron chi connectivity index (χ4n) is 16.9. The molecule has 0 amide bonds. The summed E-state index contributed by atoms with van der Waals surface area (Å²) in [5.74, 6) is 0. The van der Waals surface area contributed by atoms with Crippen molar-refractivity contribution in [1.29, 1.82) is 0 Å². The third kappa shape index (κ3) is 8.14. The van der Waals surface area contributed by atoms with Crippen LogP contribution in [0.25, 0.3) is 88.7 Å². The summed E-state index contributed by atoms with van der Waals surface area (Å²) >= 11 is 0. The number of hydrogen-bond acceptors (Lipinski definition) is 2. The molecule has 0 heterocycles.